The summed E-state index contributed by atoms with van der Waals surface area (Å²) >= 11 is 2.00. The first-order valence-electron chi connectivity index (χ1n) is 31.0. The molecule has 2 unspecified atom stereocenters. The van der Waals surface area contributed by atoms with E-state index in [4.69, 9.17) is 13.9 Å². The number of rotatable bonds is 33. The van der Waals surface area contributed by atoms with Gasteiger partial charge in [0.15, 0.2) is 0 Å². The molecule has 73 heavy (non-hydrogen) atoms. The molecule has 2 aliphatic carbocycles. The van der Waals surface area contributed by atoms with Crippen molar-refractivity contribution in [2.45, 2.75) is 276 Å². The number of carbonyl (C=O) groups is 2. The summed E-state index contributed by atoms with van der Waals surface area (Å²) in [7, 11) is -0.187. The maximum atomic E-state index is 13.4. The number of nitrogens with zero attached hydrogens (tertiary/aromatic N) is 1. The first kappa shape index (κ1) is 63.4. The van der Waals surface area contributed by atoms with E-state index in [1.54, 1.807) is 0 Å². The Labute approximate surface area is 455 Å². The number of benzene rings is 2. The molecular weight excluding hydrogens is 935 g/mol. The summed E-state index contributed by atoms with van der Waals surface area (Å²) in [4.78, 5) is 29.0. The van der Waals surface area contributed by atoms with Crippen molar-refractivity contribution in [2.24, 2.45) is 11.8 Å². The van der Waals surface area contributed by atoms with E-state index in [0.717, 1.165) is 88.4 Å². The lowest BCUT2D eigenvalue weighted by Gasteiger charge is -2.43. The normalized spacial score (nSPS) is 17.4. The van der Waals surface area contributed by atoms with Gasteiger partial charge in [-0.25, -0.2) is 0 Å². The van der Waals surface area contributed by atoms with Gasteiger partial charge in [-0.1, -0.05) is 242 Å². The van der Waals surface area contributed by atoms with Crippen molar-refractivity contribution < 1.29 is 23.5 Å². The van der Waals surface area contributed by atoms with Crippen LogP contribution in [0.5, 0.6) is 0 Å². The summed E-state index contributed by atoms with van der Waals surface area (Å²) in [5.74, 6) is 2.99. The van der Waals surface area contributed by atoms with Crippen molar-refractivity contribution in [1.29, 1.82) is 0 Å². The lowest BCUT2D eigenvalue weighted by atomic mass is 9.86. The zero-order valence-electron chi connectivity index (χ0n) is 48.0. The second-order valence-electron chi connectivity index (χ2n) is 23.8. The van der Waals surface area contributed by atoms with Crippen molar-refractivity contribution >= 4 is 42.4 Å². The molecule has 8 heteroatoms. The van der Waals surface area contributed by atoms with Crippen molar-refractivity contribution in [3.05, 3.63) is 60.7 Å². The van der Waals surface area contributed by atoms with Crippen molar-refractivity contribution in [2.75, 3.05) is 38.3 Å². The van der Waals surface area contributed by atoms with Crippen LogP contribution in [0.25, 0.3) is 0 Å². The van der Waals surface area contributed by atoms with E-state index in [2.05, 4.69) is 100 Å². The largest absolute Gasteiger partial charge is 0.465 e. The Balaban J connectivity index is 1.26. The minimum absolute atomic E-state index is 0.0176. The van der Waals surface area contributed by atoms with Gasteiger partial charge in [0, 0.05) is 24.8 Å². The molecule has 2 atom stereocenters. The van der Waals surface area contributed by atoms with Gasteiger partial charge in [0.25, 0.3) is 8.32 Å². The van der Waals surface area contributed by atoms with E-state index in [0.29, 0.717) is 19.1 Å². The average Bonchev–Trinajstić information content (AvgIpc) is 3.41. The summed E-state index contributed by atoms with van der Waals surface area (Å²) < 4.78 is 19.5. The van der Waals surface area contributed by atoms with Crippen LogP contribution in [0.1, 0.15) is 259 Å². The van der Waals surface area contributed by atoms with Gasteiger partial charge in [-0.2, -0.15) is 11.8 Å². The first-order chi connectivity index (χ1) is 35.6. The van der Waals surface area contributed by atoms with E-state index in [1.165, 1.54) is 177 Å². The van der Waals surface area contributed by atoms with Crippen LogP contribution in [0.4, 0.5) is 0 Å². The van der Waals surface area contributed by atoms with Crippen molar-refractivity contribution in [3.8, 4) is 0 Å². The highest BCUT2D eigenvalue weighted by atomic mass is 32.2. The molecule has 0 radical (unpaired) electrons. The number of thioether (sulfide) groups is 1. The Morgan fingerprint density at radius 3 is 1.70 bits per heavy atom. The third-order valence-corrected chi connectivity index (χ3v) is 22.9. The minimum atomic E-state index is -2.54. The van der Waals surface area contributed by atoms with E-state index < -0.39 is 8.32 Å². The van der Waals surface area contributed by atoms with Crippen LogP contribution in [0, 0.1) is 11.8 Å². The fourth-order valence-corrected chi connectivity index (χ4v) is 17.8. The standard InChI is InChI=1S/C65H111NO5SSi/c1-6-7-8-30-45-60(71-63(67)51-50-57-39-24-19-25-40-57)56-72-55-38-23-29-44-59(43-28-22-36-53-69-64(68)58-41-26-17-15-13-11-9-10-12-14-16-18-27-42-58)66(5)52-35-37-54-70-73(65(2,3)4,61-46-31-20-32-47-61)62-48-33-21-34-49-62/h20-21,31-34,46-49,57-60H,6-19,22-30,35-45,50-56H2,1-5H3. The molecule has 0 amide bonds. The molecule has 2 aliphatic rings. The van der Waals surface area contributed by atoms with Crippen LogP contribution in [0.2, 0.25) is 5.04 Å². The molecule has 2 aromatic carbocycles. The van der Waals surface area contributed by atoms with Crippen LogP contribution in [0.15, 0.2) is 60.7 Å². The zero-order valence-corrected chi connectivity index (χ0v) is 49.8. The number of esters is 2. The zero-order chi connectivity index (χ0) is 52.1. The Kier molecular flexibility index (Phi) is 34.1. The molecule has 2 aromatic rings. The van der Waals surface area contributed by atoms with Crippen LogP contribution in [0.3, 0.4) is 0 Å². The Morgan fingerprint density at radius 2 is 1.12 bits per heavy atom. The molecule has 0 saturated heterocycles. The number of carbonyl (C=O) groups excluding carboxylic acids is 2. The number of ether oxygens (including phenoxy) is 2. The second kappa shape index (κ2) is 39.3. The molecule has 0 spiro atoms. The molecule has 0 aliphatic heterocycles. The van der Waals surface area contributed by atoms with E-state index in [1.807, 2.05) is 11.8 Å². The minimum Gasteiger partial charge on any atom is -0.465 e. The van der Waals surface area contributed by atoms with Gasteiger partial charge in [0.1, 0.15) is 6.10 Å². The van der Waals surface area contributed by atoms with E-state index in [9.17, 15) is 9.59 Å². The predicted octanol–water partition coefficient (Wildman–Crippen LogP) is 17.4. The van der Waals surface area contributed by atoms with E-state index >= 15 is 0 Å². The van der Waals surface area contributed by atoms with Crippen LogP contribution < -0.4 is 10.4 Å². The molecule has 0 bridgehead atoms. The summed E-state index contributed by atoms with van der Waals surface area (Å²) in [5, 5.41) is 2.68. The van der Waals surface area contributed by atoms with Gasteiger partial charge in [0.2, 0.25) is 0 Å². The highest BCUT2D eigenvalue weighted by molar-refractivity contribution is 7.99. The summed E-state index contributed by atoms with van der Waals surface area (Å²) in [6.45, 7) is 11.8. The SMILES string of the molecule is CCCCCCC(CSCCCCCC(CCCCCOC(=O)C1CCCCCCCCCCCCCC1)N(C)CCCCO[Si](c1ccccc1)(c1ccccc1)C(C)(C)C)OC(=O)CCC1CCCCC1. The smallest absolute Gasteiger partial charge is 0.308 e. The summed E-state index contributed by atoms with van der Waals surface area (Å²) in [5.41, 5.74) is 0. The summed E-state index contributed by atoms with van der Waals surface area (Å²) in [6, 6.07) is 22.6. The molecule has 2 fully saturated rings. The second-order valence-corrected chi connectivity index (χ2v) is 29.3. The summed E-state index contributed by atoms with van der Waals surface area (Å²) in [6.07, 6.45) is 43.4. The topological polar surface area (TPSA) is 65.1 Å². The molecular formula is C65H111NO5SSi. The van der Waals surface area contributed by atoms with Gasteiger partial charge in [-0.05, 0) is 111 Å². The first-order valence-corrected chi connectivity index (χ1v) is 34.1. The third kappa shape index (κ3) is 26.2. The molecule has 6 nitrogen and oxygen atoms in total. The van der Waals surface area contributed by atoms with Crippen LogP contribution >= 0.6 is 11.8 Å². The maximum absolute atomic E-state index is 13.4. The number of hydrogen-bond acceptors (Lipinski definition) is 7. The fourth-order valence-electron chi connectivity index (χ4n) is 12.1. The average molecular weight is 1050 g/mol. The Hall–Kier alpha value is -2.13. The van der Waals surface area contributed by atoms with Crippen LogP contribution in [-0.4, -0.2) is 75.6 Å². The lowest BCUT2D eigenvalue weighted by Crippen LogP contribution is -2.66. The van der Waals surface area contributed by atoms with Gasteiger partial charge in [-0.15, -0.1) is 0 Å². The number of unbranched alkanes of at least 4 members (excludes halogenated alkanes) is 8. The molecule has 0 aromatic heterocycles. The van der Waals surface area contributed by atoms with Crippen molar-refractivity contribution in [3.63, 3.8) is 0 Å². The molecule has 0 heterocycles. The van der Waals surface area contributed by atoms with Gasteiger partial charge in [0.05, 0.1) is 12.5 Å². The highest BCUT2D eigenvalue weighted by Gasteiger charge is 2.50. The van der Waals surface area contributed by atoms with Crippen LogP contribution in [-0.2, 0) is 23.5 Å². The molecule has 4 rings (SSSR count). The monoisotopic (exact) mass is 1050 g/mol. The van der Waals surface area contributed by atoms with Gasteiger partial charge >= 0.3 is 11.9 Å². The lowest BCUT2D eigenvalue weighted by molar-refractivity contribution is -0.150. The quantitative estimate of drug-likeness (QED) is 0.0401. The fraction of sp³-hybridized carbons (Fsp3) is 0.785. The van der Waals surface area contributed by atoms with Gasteiger partial charge in [-0.3, -0.25) is 9.59 Å². The predicted molar refractivity (Wildman–Crippen MR) is 317 cm³/mol. The van der Waals surface area contributed by atoms with Crippen molar-refractivity contribution in [1.82, 2.24) is 4.90 Å². The Bertz CT molecular complexity index is 1590. The highest BCUT2D eigenvalue weighted by Crippen LogP contribution is 2.37. The molecule has 0 N–H and O–H groups in total. The maximum Gasteiger partial charge on any atom is 0.308 e. The molecule has 2 saturated carbocycles. The molecule has 416 valence electrons. The number of hydrogen-bond donors (Lipinski definition) is 0. The van der Waals surface area contributed by atoms with E-state index in [-0.39, 0.29) is 29.0 Å². The van der Waals surface area contributed by atoms with Gasteiger partial charge < -0.3 is 18.8 Å². The third-order valence-electron chi connectivity index (χ3n) is 16.7. The Morgan fingerprint density at radius 1 is 0.616 bits per heavy atom.